The van der Waals surface area contributed by atoms with Crippen molar-refractivity contribution in [3.63, 3.8) is 0 Å². The molecule has 0 aromatic carbocycles. The molecular weight excluding hydrogens is 337 g/mol. The van der Waals surface area contributed by atoms with Gasteiger partial charge >= 0.3 is 0 Å². The zero-order valence-electron chi connectivity index (χ0n) is 19.4. The summed E-state index contributed by atoms with van der Waals surface area (Å²) in [6.07, 6.45) is 11.7. The molecule has 0 fully saturated rings. The first-order valence-electron chi connectivity index (χ1n) is 11.8. The van der Waals surface area contributed by atoms with E-state index in [2.05, 4.69) is 62.5 Å². The van der Waals surface area contributed by atoms with Gasteiger partial charge in [-0.3, -0.25) is 0 Å². The minimum absolute atomic E-state index is 1.26. The van der Waals surface area contributed by atoms with Gasteiger partial charge in [-0.15, -0.1) is 14.0 Å². The smallest absolute Gasteiger partial charge is 0.148 e. The predicted octanol–water partition coefficient (Wildman–Crippen LogP) is 6.92. The fourth-order valence-electron chi connectivity index (χ4n) is 4.18. The number of unbranched alkanes of at least 4 members (excludes halogenated alkanes) is 1. The van der Waals surface area contributed by atoms with E-state index >= 15 is 0 Å². The van der Waals surface area contributed by atoms with Crippen LogP contribution in [0.4, 0.5) is 0 Å². The standard InChI is InChI=1S/C22H51N3P/c1-8-15-22-26(23(16-9-2)17-10-3,24(18-11-4)19-12-5)25(20-13-6)21-14-7/h8-22H2,1-7H3/q+1. The normalized spacial score (nSPS) is 12.7. The van der Waals surface area contributed by atoms with Crippen LogP contribution in [0.3, 0.4) is 0 Å². The Kier molecular flexibility index (Phi) is 16.5. The first kappa shape index (κ1) is 26.3. The molecule has 0 aromatic heterocycles. The van der Waals surface area contributed by atoms with Gasteiger partial charge in [0.2, 0.25) is 7.71 Å². The zero-order valence-corrected chi connectivity index (χ0v) is 20.3. The van der Waals surface area contributed by atoms with E-state index in [1.54, 1.807) is 0 Å². The third-order valence-electron chi connectivity index (χ3n) is 5.06. The SMILES string of the molecule is CCCC[P+](N(CCC)CCC)(N(CCC)CCC)N(CCC)CCC. The second-order valence-electron chi connectivity index (χ2n) is 7.63. The van der Waals surface area contributed by atoms with Gasteiger partial charge in [0.05, 0.1) is 0 Å². The Morgan fingerprint density at radius 2 is 0.692 bits per heavy atom. The highest BCUT2D eigenvalue weighted by Crippen LogP contribution is 2.68. The molecular formula is C22H51N3P+. The Bertz CT molecular complexity index is 253. The maximum Gasteiger partial charge on any atom is 0.227 e. The molecule has 0 aromatic rings. The van der Waals surface area contributed by atoms with Crippen molar-refractivity contribution >= 4 is 7.71 Å². The first-order chi connectivity index (χ1) is 12.6. The van der Waals surface area contributed by atoms with E-state index in [9.17, 15) is 0 Å². The van der Waals surface area contributed by atoms with E-state index in [0.717, 1.165) is 0 Å². The van der Waals surface area contributed by atoms with Gasteiger partial charge in [-0.05, 0) is 44.9 Å². The average Bonchev–Trinajstić information content (AvgIpc) is 2.63. The van der Waals surface area contributed by atoms with Crippen molar-refractivity contribution in [2.45, 2.75) is 99.8 Å². The third-order valence-corrected chi connectivity index (χ3v) is 9.90. The maximum atomic E-state index is 2.97. The maximum absolute atomic E-state index is 2.97. The summed E-state index contributed by atoms with van der Waals surface area (Å²) < 4.78 is 8.91. The lowest BCUT2D eigenvalue weighted by atomic mass is 10.4. The summed E-state index contributed by atoms with van der Waals surface area (Å²) in [5.74, 6) is 0. The molecule has 158 valence electrons. The van der Waals surface area contributed by atoms with Crippen molar-refractivity contribution in [3.8, 4) is 0 Å². The molecule has 0 unspecified atom stereocenters. The van der Waals surface area contributed by atoms with Gasteiger partial charge in [-0.2, -0.15) is 0 Å². The lowest BCUT2D eigenvalue weighted by Gasteiger charge is -2.48. The van der Waals surface area contributed by atoms with Crippen molar-refractivity contribution in [2.24, 2.45) is 0 Å². The van der Waals surface area contributed by atoms with Gasteiger partial charge in [-0.25, -0.2) is 0 Å². The Morgan fingerprint density at radius 3 is 0.885 bits per heavy atom. The molecule has 4 heteroatoms. The first-order valence-corrected chi connectivity index (χ1v) is 13.6. The van der Waals surface area contributed by atoms with Crippen LogP contribution in [-0.2, 0) is 0 Å². The fraction of sp³-hybridized carbons (Fsp3) is 1.00. The fourth-order valence-corrected chi connectivity index (χ4v) is 9.96. The summed E-state index contributed by atoms with van der Waals surface area (Å²) in [5, 5.41) is 0. The highest BCUT2D eigenvalue weighted by Gasteiger charge is 2.53. The Morgan fingerprint density at radius 1 is 0.423 bits per heavy atom. The molecule has 0 saturated carbocycles. The summed E-state index contributed by atoms with van der Waals surface area (Å²) in [5.41, 5.74) is 0. The molecule has 0 heterocycles. The molecule has 26 heavy (non-hydrogen) atoms. The summed E-state index contributed by atoms with van der Waals surface area (Å²) in [6.45, 7) is 24.1. The third kappa shape index (κ3) is 7.74. The minimum atomic E-state index is -1.44. The Balaban J connectivity index is 6.22. The van der Waals surface area contributed by atoms with Crippen LogP contribution < -0.4 is 0 Å². The number of rotatable bonds is 18. The van der Waals surface area contributed by atoms with Crippen LogP contribution in [-0.4, -0.2) is 59.4 Å². The second-order valence-corrected chi connectivity index (χ2v) is 11.2. The predicted molar refractivity (Wildman–Crippen MR) is 123 cm³/mol. The molecule has 0 amide bonds. The molecule has 0 radical (unpaired) electrons. The van der Waals surface area contributed by atoms with Gasteiger partial charge in [-0.1, -0.05) is 54.9 Å². The lowest BCUT2D eigenvalue weighted by molar-refractivity contribution is 0.292. The number of hydrogen-bond acceptors (Lipinski definition) is 3. The Hall–Kier alpha value is 0.310. The number of hydrogen-bond donors (Lipinski definition) is 0. The molecule has 0 atom stereocenters. The average molecular weight is 389 g/mol. The molecule has 0 aliphatic rings. The molecule has 0 aliphatic heterocycles. The zero-order chi connectivity index (χ0) is 19.8. The Labute approximate surface area is 167 Å². The molecule has 0 rings (SSSR count). The topological polar surface area (TPSA) is 9.72 Å². The van der Waals surface area contributed by atoms with Crippen LogP contribution in [0.1, 0.15) is 99.8 Å². The molecule has 0 aliphatic carbocycles. The summed E-state index contributed by atoms with van der Waals surface area (Å²) in [7, 11) is -1.44. The molecule has 0 saturated heterocycles. The van der Waals surface area contributed by atoms with Crippen molar-refractivity contribution in [1.82, 2.24) is 14.0 Å². The molecule has 0 N–H and O–H groups in total. The van der Waals surface area contributed by atoms with Crippen molar-refractivity contribution in [3.05, 3.63) is 0 Å². The van der Waals surface area contributed by atoms with Gasteiger partial charge < -0.3 is 0 Å². The molecule has 0 spiro atoms. The van der Waals surface area contributed by atoms with Crippen LogP contribution in [0.5, 0.6) is 0 Å². The van der Waals surface area contributed by atoms with E-state index < -0.39 is 7.71 Å². The molecule has 3 nitrogen and oxygen atoms in total. The van der Waals surface area contributed by atoms with Crippen LogP contribution in [0.15, 0.2) is 0 Å². The van der Waals surface area contributed by atoms with E-state index in [-0.39, 0.29) is 0 Å². The highest BCUT2D eigenvalue weighted by molar-refractivity contribution is 7.69. The van der Waals surface area contributed by atoms with Crippen molar-refractivity contribution in [2.75, 3.05) is 45.4 Å². The summed E-state index contributed by atoms with van der Waals surface area (Å²) in [6, 6.07) is 0. The minimum Gasteiger partial charge on any atom is -0.148 e. The largest absolute Gasteiger partial charge is 0.227 e. The van der Waals surface area contributed by atoms with Crippen molar-refractivity contribution in [1.29, 1.82) is 0 Å². The van der Waals surface area contributed by atoms with Crippen LogP contribution in [0, 0.1) is 0 Å². The van der Waals surface area contributed by atoms with Crippen LogP contribution in [0.25, 0.3) is 0 Å². The highest BCUT2D eigenvalue weighted by atomic mass is 31.2. The quantitative estimate of drug-likeness (QED) is 0.236. The number of nitrogens with zero attached hydrogens (tertiary/aromatic N) is 3. The van der Waals surface area contributed by atoms with Gasteiger partial charge in [0.25, 0.3) is 0 Å². The van der Waals surface area contributed by atoms with E-state index in [1.807, 2.05) is 0 Å². The second kappa shape index (κ2) is 16.3. The van der Waals surface area contributed by atoms with E-state index in [1.165, 1.54) is 96.8 Å². The van der Waals surface area contributed by atoms with Gasteiger partial charge in [0.15, 0.2) is 0 Å². The van der Waals surface area contributed by atoms with Gasteiger partial charge in [0.1, 0.15) is 6.16 Å². The molecule has 0 bridgehead atoms. The van der Waals surface area contributed by atoms with Crippen LogP contribution >= 0.6 is 7.71 Å². The van der Waals surface area contributed by atoms with E-state index in [4.69, 9.17) is 0 Å². The monoisotopic (exact) mass is 388 g/mol. The lowest BCUT2D eigenvalue weighted by Crippen LogP contribution is -2.48. The van der Waals surface area contributed by atoms with E-state index in [0.29, 0.717) is 0 Å². The van der Waals surface area contributed by atoms with Gasteiger partial charge in [0, 0.05) is 39.3 Å². The summed E-state index contributed by atoms with van der Waals surface area (Å²) >= 11 is 0. The van der Waals surface area contributed by atoms with Crippen molar-refractivity contribution < 1.29 is 0 Å². The van der Waals surface area contributed by atoms with Crippen LogP contribution in [0.2, 0.25) is 0 Å². The summed E-state index contributed by atoms with van der Waals surface area (Å²) in [4.78, 5) is 0.